The lowest BCUT2D eigenvalue weighted by Gasteiger charge is -2.13. The molecule has 1 aromatic heterocycles. The molecule has 0 spiro atoms. The van der Waals surface area contributed by atoms with Crippen LogP contribution in [0.3, 0.4) is 0 Å². The van der Waals surface area contributed by atoms with E-state index >= 15 is 0 Å². The number of hydrogen-bond donors (Lipinski definition) is 0. The number of rotatable bonds is 5. The van der Waals surface area contributed by atoms with Gasteiger partial charge in [-0.3, -0.25) is 0 Å². The molecule has 162 valence electrons. The molecular weight excluding hydrogens is 424 g/mol. The number of sulfone groups is 1. The Hall–Kier alpha value is -3.71. The molecule has 0 aliphatic rings. The summed E-state index contributed by atoms with van der Waals surface area (Å²) in [6.45, 7) is 5.45. The molecule has 0 saturated carbocycles. The lowest BCUT2D eigenvalue weighted by Crippen LogP contribution is -2.14. The van der Waals surface area contributed by atoms with Gasteiger partial charge in [-0.1, -0.05) is 54.1 Å². The first kappa shape index (κ1) is 21.5. The molecule has 0 saturated heterocycles. The van der Waals surface area contributed by atoms with E-state index in [1.165, 1.54) is 16.8 Å². The van der Waals surface area contributed by atoms with E-state index in [0.717, 1.165) is 11.1 Å². The molecule has 32 heavy (non-hydrogen) atoms. The second kappa shape index (κ2) is 8.43. The maximum absolute atomic E-state index is 13.5. The fraction of sp³-hybridized carbons (Fsp3) is 0.120. The van der Waals surface area contributed by atoms with Gasteiger partial charge in [-0.25, -0.2) is 13.2 Å². The third-order valence-electron chi connectivity index (χ3n) is 5.07. The smallest absolute Gasteiger partial charge is 0.344 e. The van der Waals surface area contributed by atoms with Crippen molar-refractivity contribution in [2.45, 2.75) is 30.6 Å². The summed E-state index contributed by atoms with van der Waals surface area (Å²) in [6.07, 6.45) is 0. The molecule has 1 heterocycles. The van der Waals surface area contributed by atoms with Crippen molar-refractivity contribution < 1.29 is 17.9 Å². The Balaban J connectivity index is 1.94. The monoisotopic (exact) mass is 446 g/mol. The Morgan fingerprint density at radius 1 is 0.875 bits per heavy atom. The summed E-state index contributed by atoms with van der Waals surface area (Å²) in [4.78, 5) is 12.9. The highest BCUT2D eigenvalue weighted by atomic mass is 32.2. The Labute approximate surface area is 187 Å². The summed E-state index contributed by atoms with van der Waals surface area (Å²) in [5, 5.41) is 4.47. The largest absolute Gasteiger partial charge is 0.402 e. The van der Waals surface area contributed by atoms with Crippen LogP contribution in [-0.4, -0.2) is 24.2 Å². The lowest BCUT2D eigenvalue weighted by atomic mass is 10.1. The van der Waals surface area contributed by atoms with Gasteiger partial charge < -0.3 is 4.74 Å². The first-order valence-corrected chi connectivity index (χ1v) is 11.5. The van der Waals surface area contributed by atoms with Gasteiger partial charge in [0.15, 0.2) is 4.90 Å². The van der Waals surface area contributed by atoms with Gasteiger partial charge in [0.2, 0.25) is 15.7 Å². The quantitative estimate of drug-likeness (QED) is 0.410. The molecular formula is C25H22N2O4S. The molecule has 0 aliphatic heterocycles. The Kier molecular flexibility index (Phi) is 5.67. The molecule has 3 aromatic carbocycles. The highest BCUT2D eigenvalue weighted by Crippen LogP contribution is 2.35. The van der Waals surface area contributed by atoms with Crippen molar-refractivity contribution in [2.75, 3.05) is 0 Å². The van der Waals surface area contributed by atoms with E-state index in [1.807, 2.05) is 32.0 Å². The van der Waals surface area contributed by atoms with E-state index in [-0.39, 0.29) is 21.4 Å². The fourth-order valence-electron chi connectivity index (χ4n) is 3.54. The zero-order chi connectivity index (χ0) is 22.9. The average molecular weight is 447 g/mol. The lowest BCUT2D eigenvalue weighted by molar-refractivity contribution is 0.0718. The summed E-state index contributed by atoms with van der Waals surface area (Å²) in [5.74, 6) is -0.798. The molecule has 0 unspecified atom stereocenters. The molecule has 0 radical (unpaired) electrons. The number of carbonyl (C=O) groups excluding carboxylic acids is 1. The number of benzene rings is 3. The predicted octanol–water partition coefficient (Wildman–Crippen LogP) is 4.85. The van der Waals surface area contributed by atoms with Crippen LogP contribution in [0, 0.1) is 20.8 Å². The molecule has 0 aliphatic carbocycles. The summed E-state index contributed by atoms with van der Waals surface area (Å²) in [6, 6.07) is 22.2. The molecule has 4 aromatic rings. The van der Waals surface area contributed by atoms with Crippen molar-refractivity contribution in [3.8, 4) is 11.6 Å². The Bertz CT molecular complexity index is 1390. The topological polar surface area (TPSA) is 78.3 Å². The van der Waals surface area contributed by atoms with Gasteiger partial charge in [0.1, 0.15) is 0 Å². The molecule has 0 N–H and O–H groups in total. The fourth-order valence-corrected chi connectivity index (χ4v) is 5.07. The third-order valence-corrected chi connectivity index (χ3v) is 6.97. The Morgan fingerprint density at radius 2 is 1.50 bits per heavy atom. The number of aromatic nitrogens is 2. The van der Waals surface area contributed by atoms with E-state index in [4.69, 9.17) is 4.74 Å². The molecule has 0 amide bonds. The van der Waals surface area contributed by atoms with Crippen LogP contribution in [-0.2, 0) is 9.84 Å². The van der Waals surface area contributed by atoms with Crippen molar-refractivity contribution in [1.82, 2.24) is 9.78 Å². The van der Waals surface area contributed by atoms with Gasteiger partial charge in [0.25, 0.3) is 0 Å². The van der Waals surface area contributed by atoms with Crippen LogP contribution in [0.4, 0.5) is 0 Å². The molecule has 7 heteroatoms. The number of ether oxygens (including phenoxy) is 1. The van der Waals surface area contributed by atoms with E-state index in [2.05, 4.69) is 5.10 Å². The SMILES string of the molecule is Cc1ccc(-n2nc(C)c(S(=O)(=O)c3ccccc3)c2OC(=O)c2ccccc2)c(C)c1. The van der Waals surface area contributed by atoms with Gasteiger partial charge in [0.05, 0.1) is 21.8 Å². The minimum atomic E-state index is -4.00. The summed E-state index contributed by atoms with van der Waals surface area (Å²) in [5.41, 5.74) is 3.10. The van der Waals surface area contributed by atoms with Gasteiger partial charge in [-0.05, 0) is 56.7 Å². The van der Waals surface area contributed by atoms with E-state index < -0.39 is 15.8 Å². The molecule has 0 fully saturated rings. The van der Waals surface area contributed by atoms with Crippen molar-refractivity contribution in [3.05, 3.63) is 101 Å². The standard InChI is InChI=1S/C25H22N2O4S/c1-17-14-15-22(18(2)16-17)27-24(31-25(28)20-10-6-4-7-11-20)23(19(3)26-27)32(29,30)21-12-8-5-9-13-21/h4-16H,1-3H3. The zero-order valence-corrected chi connectivity index (χ0v) is 18.8. The normalized spacial score (nSPS) is 11.3. The van der Waals surface area contributed by atoms with Crippen LogP contribution < -0.4 is 4.74 Å². The summed E-state index contributed by atoms with van der Waals surface area (Å²) < 4.78 is 34.2. The molecule has 6 nitrogen and oxygen atoms in total. The maximum Gasteiger partial charge on any atom is 0.344 e. The van der Waals surface area contributed by atoms with E-state index in [0.29, 0.717) is 11.3 Å². The first-order chi connectivity index (χ1) is 15.3. The van der Waals surface area contributed by atoms with Crippen molar-refractivity contribution in [2.24, 2.45) is 0 Å². The second-order valence-electron chi connectivity index (χ2n) is 7.49. The highest BCUT2D eigenvalue weighted by molar-refractivity contribution is 7.91. The van der Waals surface area contributed by atoms with Crippen LogP contribution in [0.2, 0.25) is 0 Å². The number of carbonyl (C=O) groups is 1. The maximum atomic E-state index is 13.5. The van der Waals surface area contributed by atoms with Crippen LogP contribution in [0.25, 0.3) is 5.69 Å². The molecule has 0 atom stereocenters. The van der Waals surface area contributed by atoms with Crippen LogP contribution in [0.15, 0.2) is 88.7 Å². The number of nitrogens with zero attached hydrogens (tertiary/aromatic N) is 2. The van der Waals surface area contributed by atoms with Gasteiger partial charge in [0, 0.05) is 0 Å². The average Bonchev–Trinajstić information content (AvgIpc) is 3.11. The predicted molar refractivity (Wildman–Crippen MR) is 121 cm³/mol. The number of esters is 1. The van der Waals surface area contributed by atoms with Crippen LogP contribution in [0.1, 0.15) is 27.2 Å². The van der Waals surface area contributed by atoms with Crippen molar-refractivity contribution >= 4 is 15.8 Å². The van der Waals surface area contributed by atoms with Crippen molar-refractivity contribution in [3.63, 3.8) is 0 Å². The van der Waals surface area contributed by atoms with Crippen LogP contribution >= 0.6 is 0 Å². The zero-order valence-electron chi connectivity index (χ0n) is 17.9. The Morgan fingerprint density at radius 3 is 2.12 bits per heavy atom. The molecule has 0 bridgehead atoms. The third kappa shape index (κ3) is 3.94. The van der Waals surface area contributed by atoms with Gasteiger partial charge in [-0.2, -0.15) is 9.78 Å². The van der Waals surface area contributed by atoms with Gasteiger partial charge in [-0.15, -0.1) is 0 Å². The van der Waals surface area contributed by atoms with E-state index in [9.17, 15) is 13.2 Å². The first-order valence-electron chi connectivity index (χ1n) is 10.0. The number of hydrogen-bond acceptors (Lipinski definition) is 5. The molecule has 4 rings (SSSR count). The summed E-state index contributed by atoms with van der Waals surface area (Å²) >= 11 is 0. The highest BCUT2D eigenvalue weighted by Gasteiger charge is 2.32. The minimum absolute atomic E-state index is 0.0975. The van der Waals surface area contributed by atoms with E-state index in [1.54, 1.807) is 55.5 Å². The summed E-state index contributed by atoms with van der Waals surface area (Å²) in [7, 11) is -4.00. The van der Waals surface area contributed by atoms with Crippen LogP contribution in [0.5, 0.6) is 5.88 Å². The van der Waals surface area contributed by atoms with Gasteiger partial charge >= 0.3 is 5.97 Å². The minimum Gasteiger partial charge on any atom is -0.402 e. The van der Waals surface area contributed by atoms with Crippen molar-refractivity contribution in [1.29, 1.82) is 0 Å². The number of aryl methyl sites for hydroxylation is 3. The second-order valence-corrected chi connectivity index (χ2v) is 9.38.